The summed E-state index contributed by atoms with van der Waals surface area (Å²) in [5.41, 5.74) is 2.81. The van der Waals surface area contributed by atoms with Crippen LogP contribution in [-0.2, 0) is 10.2 Å². The standard InChI is InChI=1S/C14H16BrNO2/c1-9-12(15)10-6-4-5-7-16(10)13(9)14(2,3)8-11(17)18/h4-7H,8H2,1-3H3,(H,17,18). The van der Waals surface area contributed by atoms with Gasteiger partial charge in [0.1, 0.15) is 0 Å². The molecular formula is C14H16BrNO2. The molecule has 0 saturated heterocycles. The fourth-order valence-electron chi connectivity index (χ4n) is 2.59. The van der Waals surface area contributed by atoms with E-state index < -0.39 is 11.4 Å². The molecule has 2 heterocycles. The Morgan fingerprint density at radius 1 is 1.44 bits per heavy atom. The van der Waals surface area contributed by atoms with Gasteiger partial charge in [-0.15, -0.1) is 0 Å². The average Bonchev–Trinajstić information content (AvgIpc) is 2.51. The summed E-state index contributed by atoms with van der Waals surface area (Å²) in [5, 5.41) is 9.06. The maximum Gasteiger partial charge on any atom is 0.304 e. The minimum Gasteiger partial charge on any atom is -0.481 e. The summed E-state index contributed by atoms with van der Waals surface area (Å²) in [6.07, 6.45) is 2.09. The number of carboxylic acids is 1. The fraction of sp³-hybridized carbons (Fsp3) is 0.357. The first-order valence-electron chi connectivity index (χ1n) is 5.82. The van der Waals surface area contributed by atoms with Crippen molar-refractivity contribution >= 4 is 27.4 Å². The van der Waals surface area contributed by atoms with Crippen molar-refractivity contribution in [3.63, 3.8) is 0 Å². The molecule has 0 spiro atoms. The Labute approximate surface area is 115 Å². The average molecular weight is 310 g/mol. The third-order valence-electron chi connectivity index (χ3n) is 3.24. The molecule has 96 valence electrons. The predicted molar refractivity (Wildman–Crippen MR) is 75.1 cm³/mol. The summed E-state index contributed by atoms with van der Waals surface area (Å²) in [5.74, 6) is -0.776. The molecule has 0 unspecified atom stereocenters. The van der Waals surface area contributed by atoms with Crippen LogP contribution in [0.4, 0.5) is 0 Å². The summed E-state index contributed by atoms with van der Waals surface area (Å²) in [6, 6.07) is 5.96. The highest BCUT2D eigenvalue weighted by Gasteiger charge is 2.30. The van der Waals surface area contributed by atoms with Gasteiger partial charge in [-0.2, -0.15) is 0 Å². The van der Waals surface area contributed by atoms with Crippen LogP contribution in [0.25, 0.3) is 5.52 Å². The normalized spacial score (nSPS) is 12.0. The van der Waals surface area contributed by atoms with Crippen LogP contribution in [0.2, 0.25) is 0 Å². The summed E-state index contributed by atoms with van der Waals surface area (Å²) >= 11 is 3.59. The lowest BCUT2D eigenvalue weighted by Crippen LogP contribution is -2.24. The van der Waals surface area contributed by atoms with Gasteiger partial charge >= 0.3 is 5.97 Å². The smallest absolute Gasteiger partial charge is 0.304 e. The molecule has 0 aliphatic carbocycles. The third kappa shape index (κ3) is 2.05. The number of pyridine rings is 1. The van der Waals surface area contributed by atoms with E-state index in [-0.39, 0.29) is 6.42 Å². The first-order valence-corrected chi connectivity index (χ1v) is 6.61. The van der Waals surface area contributed by atoms with Crippen molar-refractivity contribution in [1.29, 1.82) is 0 Å². The van der Waals surface area contributed by atoms with E-state index in [4.69, 9.17) is 5.11 Å². The molecular weight excluding hydrogens is 294 g/mol. The highest BCUT2D eigenvalue weighted by Crippen LogP contribution is 2.37. The van der Waals surface area contributed by atoms with Crippen LogP contribution in [0, 0.1) is 6.92 Å². The molecule has 2 aromatic heterocycles. The molecule has 4 heteroatoms. The largest absolute Gasteiger partial charge is 0.481 e. The first kappa shape index (κ1) is 13.1. The van der Waals surface area contributed by atoms with E-state index in [1.165, 1.54) is 0 Å². The monoisotopic (exact) mass is 309 g/mol. The summed E-state index contributed by atoms with van der Waals surface area (Å²) in [6.45, 7) is 5.96. The van der Waals surface area contributed by atoms with E-state index in [9.17, 15) is 4.79 Å². The molecule has 1 N–H and O–H groups in total. The molecule has 0 saturated carbocycles. The van der Waals surface area contributed by atoms with E-state index in [0.29, 0.717) is 0 Å². The third-order valence-corrected chi connectivity index (χ3v) is 4.25. The Balaban J connectivity index is 2.71. The molecule has 0 fully saturated rings. The van der Waals surface area contributed by atoms with Gasteiger partial charge in [-0.05, 0) is 40.5 Å². The highest BCUT2D eigenvalue weighted by atomic mass is 79.9. The van der Waals surface area contributed by atoms with Crippen molar-refractivity contribution in [2.45, 2.75) is 32.6 Å². The van der Waals surface area contributed by atoms with Gasteiger partial charge in [-0.1, -0.05) is 19.9 Å². The molecule has 0 bridgehead atoms. The quantitative estimate of drug-likeness (QED) is 0.938. The second-order valence-electron chi connectivity index (χ2n) is 5.20. The predicted octanol–water partition coefficient (Wildman–Crippen LogP) is 3.76. The number of fused-ring (bicyclic) bond motifs is 1. The molecule has 2 aromatic rings. The van der Waals surface area contributed by atoms with Crippen LogP contribution in [0.5, 0.6) is 0 Å². The number of halogens is 1. The summed E-state index contributed by atoms with van der Waals surface area (Å²) in [4.78, 5) is 11.0. The van der Waals surface area contributed by atoms with Crippen LogP contribution in [0.15, 0.2) is 28.9 Å². The minimum atomic E-state index is -0.776. The van der Waals surface area contributed by atoms with Crippen molar-refractivity contribution in [2.24, 2.45) is 0 Å². The van der Waals surface area contributed by atoms with Gasteiger partial charge in [0, 0.05) is 21.8 Å². The molecule has 2 rings (SSSR count). The number of rotatable bonds is 3. The van der Waals surface area contributed by atoms with Crippen LogP contribution >= 0.6 is 15.9 Å². The van der Waals surface area contributed by atoms with E-state index in [1.807, 2.05) is 45.2 Å². The minimum absolute atomic E-state index is 0.112. The van der Waals surface area contributed by atoms with Gasteiger partial charge in [0.25, 0.3) is 0 Å². The van der Waals surface area contributed by atoms with Gasteiger partial charge in [0.15, 0.2) is 0 Å². The lowest BCUT2D eigenvalue weighted by molar-refractivity contribution is -0.138. The Morgan fingerprint density at radius 3 is 2.72 bits per heavy atom. The van der Waals surface area contributed by atoms with E-state index in [1.54, 1.807) is 0 Å². The number of carbonyl (C=O) groups is 1. The molecule has 3 nitrogen and oxygen atoms in total. The summed E-state index contributed by atoms with van der Waals surface area (Å²) < 4.78 is 3.11. The van der Waals surface area contributed by atoms with Gasteiger partial charge in [0.2, 0.25) is 0 Å². The van der Waals surface area contributed by atoms with Gasteiger partial charge < -0.3 is 9.51 Å². The zero-order chi connectivity index (χ0) is 13.5. The second kappa shape index (κ2) is 4.43. The first-order chi connectivity index (χ1) is 8.34. The Kier molecular flexibility index (Phi) is 3.23. The van der Waals surface area contributed by atoms with Crippen LogP contribution in [-0.4, -0.2) is 15.5 Å². The molecule has 0 atom stereocenters. The zero-order valence-electron chi connectivity index (χ0n) is 10.7. The van der Waals surface area contributed by atoms with Gasteiger partial charge in [-0.25, -0.2) is 0 Å². The van der Waals surface area contributed by atoms with Crippen LogP contribution in [0.3, 0.4) is 0 Å². The van der Waals surface area contributed by atoms with Crippen molar-refractivity contribution in [2.75, 3.05) is 0 Å². The molecule has 0 aliphatic rings. The van der Waals surface area contributed by atoms with Crippen molar-refractivity contribution in [1.82, 2.24) is 4.40 Å². The van der Waals surface area contributed by atoms with Crippen LogP contribution in [0.1, 0.15) is 31.5 Å². The maximum absolute atomic E-state index is 11.0. The zero-order valence-corrected chi connectivity index (χ0v) is 12.3. The lowest BCUT2D eigenvalue weighted by atomic mass is 9.84. The number of nitrogens with zero attached hydrogens (tertiary/aromatic N) is 1. The van der Waals surface area contributed by atoms with E-state index >= 15 is 0 Å². The van der Waals surface area contributed by atoms with Crippen molar-refractivity contribution in [3.05, 3.63) is 40.1 Å². The summed E-state index contributed by atoms with van der Waals surface area (Å²) in [7, 11) is 0. The number of carboxylic acid groups (broad SMARTS) is 1. The SMILES string of the molecule is Cc1c(Br)c2ccccn2c1C(C)(C)CC(=O)O. The Hall–Kier alpha value is -1.29. The molecule has 0 aliphatic heterocycles. The molecule has 0 aromatic carbocycles. The topological polar surface area (TPSA) is 41.7 Å². The van der Waals surface area contributed by atoms with E-state index in [0.717, 1.165) is 21.2 Å². The van der Waals surface area contributed by atoms with Crippen molar-refractivity contribution < 1.29 is 9.90 Å². The van der Waals surface area contributed by atoms with Crippen molar-refractivity contribution in [3.8, 4) is 0 Å². The number of aliphatic carboxylic acids is 1. The highest BCUT2D eigenvalue weighted by molar-refractivity contribution is 9.10. The number of aromatic nitrogens is 1. The number of hydrogen-bond acceptors (Lipinski definition) is 1. The van der Waals surface area contributed by atoms with Gasteiger partial charge in [-0.3, -0.25) is 4.79 Å². The fourth-order valence-corrected chi connectivity index (χ4v) is 3.10. The molecule has 18 heavy (non-hydrogen) atoms. The van der Waals surface area contributed by atoms with Crippen LogP contribution < -0.4 is 0 Å². The Morgan fingerprint density at radius 2 is 2.11 bits per heavy atom. The molecule has 0 radical (unpaired) electrons. The molecule has 0 amide bonds. The number of hydrogen-bond donors (Lipinski definition) is 1. The maximum atomic E-state index is 11.0. The van der Waals surface area contributed by atoms with Gasteiger partial charge in [0.05, 0.1) is 11.9 Å². The van der Waals surface area contributed by atoms with E-state index in [2.05, 4.69) is 20.3 Å². The Bertz CT molecular complexity index is 614. The lowest BCUT2D eigenvalue weighted by Gasteiger charge is -2.24. The second-order valence-corrected chi connectivity index (χ2v) is 5.99.